The van der Waals surface area contributed by atoms with Crippen LogP contribution in [0.5, 0.6) is 0 Å². The molecular weight excluding hydrogens is 256 g/mol. The van der Waals surface area contributed by atoms with Crippen molar-refractivity contribution < 1.29 is 4.92 Å². The van der Waals surface area contributed by atoms with Gasteiger partial charge in [-0.2, -0.15) is 0 Å². The smallest absolute Gasteiger partial charge is 0.271 e. The third-order valence-electron chi connectivity index (χ3n) is 2.70. The normalized spacial score (nSPS) is 12.6. The number of nitro groups is 1. The Labute approximate surface area is 109 Å². The summed E-state index contributed by atoms with van der Waals surface area (Å²) >= 11 is 5.79. The van der Waals surface area contributed by atoms with Crippen LogP contribution in [0.3, 0.4) is 0 Å². The molecule has 18 heavy (non-hydrogen) atoms. The Morgan fingerprint density at radius 3 is 3.00 bits per heavy atom. The summed E-state index contributed by atoms with van der Waals surface area (Å²) in [5.74, 6) is 1.06. The maximum atomic E-state index is 10.7. The van der Waals surface area contributed by atoms with Gasteiger partial charge in [0.15, 0.2) is 0 Å². The summed E-state index contributed by atoms with van der Waals surface area (Å²) < 4.78 is 0. The second-order valence-corrected chi connectivity index (χ2v) is 4.26. The number of hydrogen-bond acceptors (Lipinski definition) is 4. The van der Waals surface area contributed by atoms with E-state index in [0.717, 1.165) is 6.42 Å². The summed E-state index contributed by atoms with van der Waals surface area (Å²) in [6.45, 7) is 2.02. The molecule has 0 amide bonds. The first-order chi connectivity index (χ1) is 8.63. The highest BCUT2D eigenvalue weighted by molar-refractivity contribution is 6.18. The molecule has 0 radical (unpaired) electrons. The summed E-state index contributed by atoms with van der Waals surface area (Å²) in [6.07, 6.45) is 0.876. The third-order valence-corrected chi connectivity index (χ3v) is 3.07. The topological polar surface area (TPSA) is 83.8 Å². The largest absolute Gasteiger partial charge is 0.352 e. The van der Waals surface area contributed by atoms with Gasteiger partial charge in [-0.25, -0.2) is 4.98 Å². The van der Waals surface area contributed by atoms with Gasteiger partial charge in [-0.1, -0.05) is 6.92 Å². The first-order valence-electron chi connectivity index (χ1n) is 5.60. The zero-order chi connectivity index (χ0) is 13.1. The molecule has 1 atom stereocenters. The molecule has 0 saturated heterocycles. The van der Waals surface area contributed by atoms with E-state index in [0.29, 0.717) is 22.9 Å². The zero-order valence-corrected chi connectivity index (χ0v) is 10.6. The minimum atomic E-state index is -0.430. The average molecular weight is 269 g/mol. The second-order valence-electron chi connectivity index (χ2n) is 3.95. The number of rotatable bonds is 5. The highest BCUT2D eigenvalue weighted by Crippen LogP contribution is 2.21. The van der Waals surface area contributed by atoms with E-state index in [1.807, 2.05) is 6.92 Å². The lowest BCUT2D eigenvalue weighted by Crippen LogP contribution is -2.20. The second kappa shape index (κ2) is 5.22. The number of benzene rings is 1. The lowest BCUT2D eigenvalue weighted by atomic mass is 10.3. The van der Waals surface area contributed by atoms with Gasteiger partial charge in [0, 0.05) is 24.1 Å². The number of aromatic amines is 1. The molecule has 2 rings (SSSR count). The minimum absolute atomic E-state index is 0.0436. The van der Waals surface area contributed by atoms with Crippen LogP contribution in [0.4, 0.5) is 11.6 Å². The molecule has 0 bridgehead atoms. The maximum absolute atomic E-state index is 10.7. The van der Waals surface area contributed by atoms with Crippen molar-refractivity contribution in [3.8, 4) is 0 Å². The molecule has 6 nitrogen and oxygen atoms in total. The van der Waals surface area contributed by atoms with E-state index in [-0.39, 0.29) is 11.7 Å². The molecule has 1 aromatic heterocycles. The molecule has 1 unspecified atom stereocenters. The van der Waals surface area contributed by atoms with Crippen LogP contribution < -0.4 is 5.32 Å². The quantitative estimate of drug-likeness (QED) is 0.496. The summed E-state index contributed by atoms with van der Waals surface area (Å²) in [5, 5.41) is 13.8. The summed E-state index contributed by atoms with van der Waals surface area (Å²) in [5.41, 5.74) is 1.37. The van der Waals surface area contributed by atoms with E-state index in [1.165, 1.54) is 12.1 Å². The Bertz CT molecular complexity index is 565. The average Bonchev–Trinajstić information content (AvgIpc) is 2.76. The van der Waals surface area contributed by atoms with E-state index >= 15 is 0 Å². The van der Waals surface area contributed by atoms with Crippen LogP contribution in [0, 0.1) is 10.1 Å². The van der Waals surface area contributed by atoms with E-state index in [2.05, 4.69) is 15.3 Å². The van der Waals surface area contributed by atoms with Gasteiger partial charge in [0.2, 0.25) is 5.95 Å². The first-order valence-corrected chi connectivity index (χ1v) is 6.14. The fourth-order valence-electron chi connectivity index (χ4n) is 1.62. The van der Waals surface area contributed by atoms with Crippen LogP contribution in [0.1, 0.15) is 13.3 Å². The van der Waals surface area contributed by atoms with Crippen molar-refractivity contribution in [3.05, 3.63) is 28.3 Å². The molecule has 2 aromatic rings. The highest BCUT2D eigenvalue weighted by atomic mass is 35.5. The number of alkyl halides is 1. The molecule has 0 saturated carbocycles. The highest BCUT2D eigenvalue weighted by Gasteiger charge is 2.11. The van der Waals surface area contributed by atoms with Gasteiger partial charge in [-0.3, -0.25) is 10.1 Å². The molecule has 7 heteroatoms. The number of H-pyrrole nitrogens is 1. The van der Waals surface area contributed by atoms with Gasteiger partial charge in [-0.05, 0) is 12.5 Å². The van der Waals surface area contributed by atoms with E-state index in [9.17, 15) is 10.1 Å². The number of fused-ring (bicyclic) bond motifs is 1. The Balaban J connectivity index is 2.29. The fraction of sp³-hybridized carbons (Fsp3) is 0.364. The molecule has 0 aliphatic heterocycles. The number of nitrogens with one attached hydrogen (secondary N) is 2. The number of nitro benzene ring substituents is 1. The van der Waals surface area contributed by atoms with Crippen molar-refractivity contribution in [2.24, 2.45) is 0 Å². The third kappa shape index (κ3) is 2.53. The van der Waals surface area contributed by atoms with Crippen LogP contribution in [0.25, 0.3) is 11.0 Å². The molecular formula is C11H13ClN4O2. The Morgan fingerprint density at radius 2 is 2.39 bits per heavy atom. The fourth-order valence-corrected chi connectivity index (χ4v) is 1.92. The number of halogens is 1. The molecule has 96 valence electrons. The number of nitrogens with zero attached hydrogens (tertiary/aromatic N) is 2. The van der Waals surface area contributed by atoms with Crippen molar-refractivity contribution in [2.45, 2.75) is 19.4 Å². The van der Waals surface area contributed by atoms with Crippen molar-refractivity contribution in [1.29, 1.82) is 0 Å². The summed E-state index contributed by atoms with van der Waals surface area (Å²) in [7, 11) is 0. The van der Waals surface area contributed by atoms with Crippen molar-refractivity contribution in [3.63, 3.8) is 0 Å². The van der Waals surface area contributed by atoms with E-state index < -0.39 is 4.92 Å². The predicted molar refractivity (Wildman–Crippen MR) is 71.2 cm³/mol. The predicted octanol–water partition coefficient (Wildman–Crippen LogP) is 2.90. The number of imidazole rings is 1. The lowest BCUT2D eigenvalue weighted by molar-refractivity contribution is -0.384. The SMILES string of the molecule is CCC(CCl)Nc1nc2ccc([N+](=O)[O-])cc2[nH]1. The van der Waals surface area contributed by atoms with Crippen molar-refractivity contribution >= 4 is 34.3 Å². The Hall–Kier alpha value is -1.82. The van der Waals surface area contributed by atoms with Crippen LogP contribution >= 0.6 is 11.6 Å². The molecule has 0 spiro atoms. The van der Waals surface area contributed by atoms with Gasteiger partial charge in [-0.15, -0.1) is 11.6 Å². The van der Waals surface area contributed by atoms with Gasteiger partial charge < -0.3 is 10.3 Å². The van der Waals surface area contributed by atoms with Crippen molar-refractivity contribution in [1.82, 2.24) is 9.97 Å². The molecule has 0 aliphatic rings. The summed E-state index contributed by atoms with van der Waals surface area (Å²) in [6, 6.07) is 4.65. The van der Waals surface area contributed by atoms with Crippen LogP contribution in [-0.2, 0) is 0 Å². The van der Waals surface area contributed by atoms with E-state index in [4.69, 9.17) is 11.6 Å². The Kier molecular flexibility index (Phi) is 3.66. The van der Waals surface area contributed by atoms with Crippen LogP contribution in [0.2, 0.25) is 0 Å². The number of anilines is 1. The monoisotopic (exact) mass is 268 g/mol. The van der Waals surface area contributed by atoms with Gasteiger partial charge >= 0.3 is 0 Å². The van der Waals surface area contributed by atoms with Gasteiger partial charge in [0.1, 0.15) is 0 Å². The molecule has 2 N–H and O–H groups in total. The van der Waals surface area contributed by atoms with Gasteiger partial charge in [0.25, 0.3) is 5.69 Å². The first kappa shape index (κ1) is 12.6. The molecule has 0 aliphatic carbocycles. The molecule has 0 fully saturated rings. The van der Waals surface area contributed by atoms with Crippen LogP contribution in [-0.4, -0.2) is 26.8 Å². The standard InChI is InChI=1S/C11H13ClN4O2/c1-2-7(6-12)13-11-14-9-4-3-8(16(17)18)5-10(9)15-11/h3-5,7H,2,6H2,1H3,(H2,13,14,15). The molecule has 1 heterocycles. The lowest BCUT2D eigenvalue weighted by Gasteiger charge is -2.11. The maximum Gasteiger partial charge on any atom is 0.271 e. The number of hydrogen-bond donors (Lipinski definition) is 2. The number of non-ortho nitro benzene ring substituents is 1. The van der Waals surface area contributed by atoms with Gasteiger partial charge in [0.05, 0.1) is 16.0 Å². The Morgan fingerprint density at radius 1 is 1.61 bits per heavy atom. The zero-order valence-electron chi connectivity index (χ0n) is 9.81. The van der Waals surface area contributed by atoms with Crippen molar-refractivity contribution in [2.75, 3.05) is 11.2 Å². The molecule has 1 aromatic carbocycles. The van der Waals surface area contributed by atoms with Crippen LogP contribution in [0.15, 0.2) is 18.2 Å². The minimum Gasteiger partial charge on any atom is -0.352 e. The summed E-state index contributed by atoms with van der Waals surface area (Å²) in [4.78, 5) is 17.5. The number of aromatic nitrogens is 2. The van der Waals surface area contributed by atoms with E-state index in [1.54, 1.807) is 6.07 Å².